The zero-order chi connectivity index (χ0) is 16.7. The highest BCUT2D eigenvalue weighted by Crippen LogP contribution is 2.32. The molecular weight excluding hydrogens is 280 g/mol. The Morgan fingerprint density at radius 1 is 1.00 bits per heavy atom. The van der Waals surface area contributed by atoms with Gasteiger partial charge in [0, 0.05) is 6.04 Å². The van der Waals surface area contributed by atoms with Crippen molar-refractivity contribution in [1.82, 2.24) is 0 Å². The third-order valence-electron chi connectivity index (χ3n) is 4.62. The highest BCUT2D eigenvalue weighted by molar-refractivity contribution is 5.81. The predicted octanol–water partition coefficient (Wildman–Crippen LogP) is 4.47. The van der Waals surface area contributed by atoms with Crippen LogP contribution in [0.25, 0.3) is 0 Å². The van der Waals surface area contributed by atoms with E-state index in [1.165, 1.54) is 39.6 Å². The molecule has 0 unspecified atom stereocenters. The first-order valence-electron chi connectivity index (χ1n) is 8.26. The number of allylic oxidation sites excluding steroid dienone is 3. The lowest BCUT2D eigenvalue weighted by atomic mass is 9.92. The molecule has 0 saturated carbocycles. The molecule has 0 radical (unpaired) electrons. The van der Waals surface area contributed by atoms with Crippen LogP contribution in [0.5, 0.6) is 0 Å². The van der Waals surface area contributed by atoms with E-state index in [4.69, 9.17) is 0 Å². The van der Waals surface area contributed by atoms with E-state index in [1.807, 2.05) is 0 Å². The molecule has 0 N–H and O–H groups in total. The van der Waals surface area contributed by atoms with E-state index < -0.39 is 0 Å². The number of hydrogen-bond acceptors (Lipinski definition) is 1. The van der Waals surface area contributed by atoms with E-state index >= 15 is 0 Å². The minimum Gasteiger partial charge on any atom is -0.309 e. The summed E-state index contributed by atoms with van der Waals surface area (Å²) in [5, 5.41) is 0. The van der Waals surface area contributed by atoms with Crippen molar-refractivity contribution in [2.24, 2.45) is 0 Å². The molecule has 0 amide bonds. The Morgan fingerprint density at radius 2 is 1.57 bits per heavy atom. The van der Waals surface area contributed by atoms with Crippen molar-refractivity contribution in [2.75, 3.05) is 18.0 Å². The quantitative estimate of drug-likeness (QED) is 0.577. The number of anilines is 1. The number of rotatable bonds is 2. The number of nitrogens with zero attached hydrogens (tertiary/aromatic N) is 2. The molecule has 1 aliphatic carbocycles. The predicted molar refractivity (Wildman–Crippen MR) is 99.1 cm³/mol. The van der Waals surface area contributed by atoms with Gasteiger partial charge in [-0.25, -0.2) is 0 Å². The summed E-state index contributed by atoms with van der Waals surface area (Å²) in [4.78, 5) is 2.39. The topological polar surface area (TPSA) is 6.25 Å². The summed E-state index contributed by atoms with van der Waals surface area (Å²) in [5.74, 6) is 0. The average Bonchev–Trinajstić information content (AvgIpc) is 2.85. The van der Waals surface area contributed by atoms with Gasteiger partial charge in [0.25, 0.3) is 0 Å². The molecule has 23 heavy (non-hydrogen) atoms. The Kier molecular flexibility index (Phi) is 3.93. The van der Waals surface area contributed by atoms with E-state index in [2.05, 4.69) is 81.3 Å². The van der Waals surface area contributed by atoms with Gasteiger partial charge in [0.15, 0.2) is 6.34 Å². The third-order valence-corrected chi connectivity index (χ3v) is 4.62. The summed E-state index contributed by atoms with van der Waals surface area (Å²) in [5.41, 5.74) is 9.06. The van der Waals surface area contributed by atoms with Gasteiger partial charge in [-0.3, -0.25) is 4.90 Å². The second-order valence-electron chi connectivity index (χ2n) is 6.83. The maximum Gasteiger partial charge on any atom is 0.174 e. The zero-order valence-electron chi connectivity index (χ0n) is 14.9. The first kappa shape index (κ1) is 15.7. The van der Waals surface area contributed by atoms with Crippen LogP contribution in [-0.2, 0) is 0 Å². The van der Waals surface area contributed by atoms with Crippen LogP contribution in [0.3, 0.4) is 0 Å². The van der Waals surface area contributed by atoms with Gasteiger partial charge in [-0.1, -0.05) is 42.7 Å². The molecule has 0 saturated heterocycles. The first-order valence-corrected chi connectivity index (χ1v) is 8.26. The molecule has 1 aromatic carbocycles. The zero-order valence-corrected chi connectivity index (χ0v) is 14.9. The summed E-state index contributed by atoms with van der Waals surface area (Å²) >= 11 is 0. The Balaban J connectivity index is 1.95. The third kappa shape index (κ3) is 2.86. The molecule has 1 heterocycles. The highest BCUT2D eigenvalue weighted by Gasteiger charge is 2.27. The van der Waals surface area contributed by atoms with E-state index in [1.54, 1.807) is 0 Å². The number of aryl methyl sites for hydroxylation is 3. The van der Waals surface area contributed by atoms with Gasteiger partial charge in [-0.05, 0) is 31.9 Å². The average molecular weight is 306 g/mol. The molecular formula is C21H26N2. The van der Waals surface area contributed by atoms with Gasteiger partial charge in [0.2, 0.25) is 0 Å². The van der Waals surface area contributed by atoms with Crippen LogP contribution in [0.4, 0.5) is 5.69 Å². The van der Waals surface area contributed by atoms with Gasteiger partial charge in [0.05, 0.1) is 0 Å². The van der Waals surface area contributed by atoms with Gasteiger partial charge in [0.1, 0.15) is 18.8 Å². The van der Waals surface area contributed by atoms with Crippen molar-refractivity contribution in [2.45, 2.75) is 34.6 Å². The van der Waals surface area contributed by atoms with Crippen LogP contribution >= 0.6 is 0 Å². The Bertz CT molecular complexity index is 717. The molecule has 0 aromatic heterocycles. The van der Waals surface area contributed by atoms with E-state index in [9.17, 15) is 0 Å². The van der Waals surface area contributed by atoms with Crippen LogP contribution in [0.2, 0.25) is 0 Å². The Morgan fingerprint density at radius 3 is 2.13 bits per heavy atom. The molecule has 0 spiro atoms. The summed E-state index contributed by atoms with van der Waals surface area (Å²) in [6, 6.07) is 5.86. The molecule has 1 aromatic rings. The fourth-order valence-electron chi connectivity index (χ4n) is 3.96. The molecule has 0 fully saturated rings. The lowest BCUT2D eigenvalue weighted by molar-refractivity contribution is -0.487. The molecule has 2 nitrogen and oxygen atoms in total. The van der Waals surface area contributed by atoms with Crippen LogP contribution in [0, 0.1) is 26.8 Å². The monoisotopic (exact) mass is 306 g/mol. The van der Waals surface area contributed by atoms with Crippen LogP contribution in [0.1, 0.15) is 30.5 Å². The molecule has 2 heteroatoms. The summed E-state index contributed by atoms with van der Waals surface area (Å²) in [6.07, 6.45) is 6.60. The lowest BCUT2D eigenvalue weighted by Gasteiger charge is -2.28. The molecule has 120 valence electrons. The van der Waals surface area contributed by atoms with Crippen LogP contribution in [0.15, 0.2) is 47.6 Å². The minimum atomic E-state index is 1.02. The SMILES string of the molecule is C=C1C=C(C)[C-]([N+]2=CN(c3c(C)cc(C)cc3C)CC2)C(C)=C1. The van der Waals surface area contributed by atoms with E-state index in [0.717, 1.165) is 18.7 Å². The first-order chi connectivity index (χ1) is 10.9. The number of benzene rings is 1. The fourth-order valence-corrected chi connectivity index (χ4v) is 3.96. The molecule has 1 aliphatic heterocycles. The van der Waals surface area contributed by atoms with E-state index in [-0.39, 0.29) is 0 Å². The molecule has 0 bridgehead atoms. The van der Waals surface area contributed by atoms with Crippen LogP contribution in [-0.4, -0.2) is 24.0 Å². The molecule has 2 aliphatic rings. The molecule has 3 rings (SSSR count). The van der Waals surface area contributed by atoms with E-state index in [0.29, 0.717) is 0 Å². The fraction of sp³-hybridized carbons (Fsp3) is 0.333. The summed E-state index contributed by atoms with van der Waals surface area (Å²) < 4.78 is 2.38. The van der Waals surface area contributed by atoms with Crippen molar-refractivity contribution in [3.63, 3.8) is 0 Å². The minimum absolute atomic E-state index is 1.02. The Hall–Kier alpha value is -2.22. The van der Waals surface area contributed by atoms with Crippen molar-refractivity contribution >= 4 is 12.0 Å². The summed E-state index contributed by atoms with van der Waals surface area (Å²) in [6.45, 7) is 17.0. The maximum atomic E-state index is 4.06. The van der Waals surface area contributed by atoms with Crippen molar-refractivity contribution in [1.29, 1.82) is 0 Å². The van der Waals surface area contributed by atoms with Gasteiger partial charge < -0.3 is 4.58 Å². The maximum absolute atomic E-state index is 4.06. The number of hydrogen-bond donors (Lipinski definition) is 0. The molecule has 0 atom stereocenters. The normalized spacial score (nSPS) is 18.1. The standard InChI is InChI=1S/C21H26N2/c1-14-9-16(3)20(17(4)10-14)22-7-8-23(13-22)21-18(5)11-15(2)12-19(21)6/h9-13H,1,7-8H2,2-6H3. The Labute approximate surface area is 140 Å². The second kappa shape index (κ2) is 5.77. The van der Waals surface area contributed by atoms with Crippen molar-refractivity contribution in [3.8, 4) is 0 Å². The van der Waals surface area contributed by atoms with Crippen molar-refractivity contribution in [3.05, 3.63) is 70.3 Å². The largest absolute Gasteiger partial charge is 0.309 e. The van der Waals surface area contributed by atoms with Gasteiger partial charge in [-0.15, -0.1) is 24.3 Å². The van der Waals surface area contributed by atoms with Crippen molar-refractivity contribution < 1.29 is 4.58 Å². The highest BCUT2D eigenvalue weighted by atomic mass is 15.3. The van der Waals surface area contributed by atoms with Gasteiger partial charge >= 0.3 is 0 Å². The lowest BCUT2D eigenvalue weighted by Crippen LogP contribution is -2.22. The summed E-state index contributed by atoms with van der Waals surface area (Å²) in [7, 11) is 0. The van der Waals surface area contributed by atoms with Crippen LogP contribution < -0.4 is 4.90 Å². The second-order valence-corrected chi connectivity index (χ2v) is 6.83. The van der Waals surface area contributed by atoms with Gasteiger partial charge in [-0.2, -0.15) is 0 Å². The smallest absolute Gasteiger partial charge is 0.174 e.